The molecule has 5 heterocycles. The van der Waals surface area contributed by atoms with Crippen LogP contribution >= 0.6 is 11.8 Å². The van der Waals surface area contributed by atoms with Gasteiger partial charge in [-0.15, -0.1) is 0 Å². The number of rotatable bonds is 8. The van der Waals surface area contributed by atoms with Crippen LogP contribution in [0.4, 0.5) is 0 Å². The highest BCUT2D eigenvalue weighted by molar-refractivity contribution is 7.99. The van der Waals surface area contributed by atoms with Crippen LogP contribution in [0.5, 0.6) is 11.5 Å². The Morgan fingerprint density at radius 3 is 3.00 bits per heavy atom. The highest BCUT2D eigenvalue weighted by Gasteiger charge is 2.27. The molecule has 0 bridgehead atoms. The first-order valence-electron chi connectivity index (χ1n) is 11.4. The third kappa shape index (κ3) is 5.02. The van der Waals surface area contributed by atoms with Crippen LogP contribution < -0.4 is 20.3 Å². The lowest BCUT2D eigenvalue weighted by Crippen LogP contribution is -2.48. The van der Waals surface area contributed by atoms with E-state index in [-0.39, 0.29) is 17.6 Å². The molecule has 0 spiro atoms. The first-order valence-corrected chi connectivity index (χ1v) is 12.3. The molecule has 0 aromatic carbocycles. The Hall–Kier alpha value is -2.73. The molecule has 2 aliphatic heterocycles. The van der Waals surface area contributed by atoms with E-state index < -0.39 is 0 Å². The van der Waals surface area contributed by atoms with E-state index in [9.17, 15) is 9.90 Å². The summed E-state index contributed by atoms with van der Waals surface area (Å²) in [5, 5.41) is 14.0. The molecule has 0 aliphatic carbocycles. The summed E-state index contributed by atoms with van der Waals surface area (Å²) in [4.78, 5) is 28.8. The largest absolute Gasteiger partial charge is 0.495 e. The van der Waals surface area contributed by atoms with Gasteiger partial charge in [0.1, 0.15) is 11.7 Å². The van der Waals surface area contributed by atoms with Gasteiger partial charge in [0, 0.05) is 51.3 Å². The summed E-state index contributed by atoms with van der Waals surface area (Å²) in [7, 11) is 1.57. The molecule has 1 saturated heterocycles. The van der Waals surface area contributed by atoms with Crippen LogP contribution in [0.3, 0.4) is 0 Å². The Labute approximate surface area is 201 Å². The second-order valence-corrected chi connectivity index (χ2v) is 9.51. The molecule has 1 fully saturated rings. The fourth-order valence-electron chi connectivity index (χ4n) is 4.44. The number of pyridine rings is 2. The fraction of sp³-hybridized carbons (Fsp3) is 0.478. The van der Waals surface area contributed by atoms with Crippen molar-refractivity contribution in [3.63, 3.8) is 0 Å². The number of aromatic nitrogens is 4. The monoisotopic (exact) mass is 484 g/mol. The zero-order valence-corrected chi connectivity index (χ0v) is 19.8. The maximum atomic E-state index is 12.5. The minimum atomic E-state index is -0.348. The van der Waals surface area contributed by atoms with Crippen molar-refractivity contribution in [2.45, 2.75) is 30.5 Å². The van der Waals surface area contributed by atoms with Gasteiger partial charge in [-0.05, 0) is 12.5 Å². The van der Waals surface area contributed by atoms with Gasteiger partial charge in [0.2, 0.25) is 0 Å². The lowest BCUT2D eigenvalue weighted by Gasteiger charge is -2.36. The lowest BCUT2D eigenvalue weighted by molar-refractivity contribution is 0.0257. The van der Waals surface area contributed by atoms with Crippen molar-refractivity contribution in [2.75, 3.05) is 39.2 Å². The van der Waals surface area contributed by atoms with E-state index in [0.717, 1.165) is 29.4 Å². The van der Waals surface area contributed by atoms with E-state index in [4.69, 9.17) is 9.47 Å². The van der Waals surface area contributed by atoms with Crippen LogP contribution in [0.15, 0.2) is 40.4 Å². The van der Waals surface area contributed by atoms with Crippen molar-refractivity contribution in [2.24, 2.45) is 5.92 Å². The first-order chi connectivity index (χ1) is 16.6. The van der Waals surface area contributed by atoms with Gasteiger partial charge in [-0.1, -0.05) is 11.8 Å². The third-order valence-corrected chi connectivity index (χ3v) is 7.23. The van der Waals surface area contributed by atoms with Gasteiger partial charge in [0.15, 0.2) is 11.4 Å². The molecule has 0 unspecified atom stereocenters. The average Bonchev–Trinajstić information content (AvgIpc) is 3.33. The number of likely N-dealkylation sites (tertiary alicyclic amines) is 1. The third-order valence-electron chi connectivity index (χ3n) is 6.36. The zero-order valence-electron chi connectivity index (χ0n) is 19.0. The Morgan fingerprint density at radius 1 is 1.24 bits per heavy atom. The normalized spacial score (nSPS) is 20.3. The topological polar surface area (TPSA) is 115 Å². The van der Waals surface area contributed by atoms with Crippen molar-refractivity contribution in [3.8, 4) is 11.5 Å². The van der Waals surface area contributed by atoms with E-state index in [1.54, 1.807) is 41.9 Å². The van der Waals surface area contributed by atoms with Gasteiger partial charge < -0.3 is 29.4 Å². The Morgan fingerprint density at radius 2 is 2.12 bits per heavy atom. The van der Waals surface area contributed by atoms with Crippen molar-refractivity contribution in [1.29, 1.82) is 0 Å². The molecule has 2 atom stereocenters. The van der Waals surface area contributed by atoms with Gasteiger partial charge >= 0.3 is 0 Å². The molecular formula is C23H28N6O4S. The SMILES string of the molecule is COc1cnc2ncc(=O)n(CCN3CC[C@H](O)[C@H](CNCc4cc5c(cn4)OCS5)C3)c2c1. The Bertz CT molecular complexity index is 1220. The summed E-state index contributed by atoms with van der Waals surface area (Å²) < 4.78 is 12.4. The second-order valence-electron chi connectivity index (χ2n) is 8.54. The number of hydrogen-bond acceptors (Lipinski definition) is 10. The van der Waals surface area contributed by atoms with E-state index >= 15 is 0 Å². The number of aliphatic hydroxyl groups excluding tert-OH is 1. The molecule has 180 valence electrons. The summed E-state index contributed by atoms with van der Waals surface area (Å²) in [6, 6.07) is 3.85. The number of nitrogens with zero attached hydrogens (tertiary/aromatic N) is 5. The summed E-state index contributed by atoms with van der Waals surface area (Å²) in [6.07, 6.45) is 5.04. The predicted molar refractivity (Wildman–Crippen MR) is 128 cm³/mol. The minimum Gasteiger partial charge on any atom is -0.495 e. The van der Waals surface area contributed by atoms with Crippen LogP contribution in [0.25, 0.3) is 11.2 Å². The lowest BCUT2D eigenvalue weighted by atomic mass is 9.94. The quantitative estimate of drug-likeness (QED) is 0.482. The number of thioether (sulfide) groups is 1. The van der Waals surface area contributed by atoms with Crippen molar-refractivity contribution in [3.05, 3.63) is 46.8 Å². The van der Waals surface area contributed by atoms with Crippen molar-refractivity contribution in [1.82, 2.24) is 29.7 Å². The molecule has 0 saturated carbocycles. The minimum absolute atomic E-state index is 0.105. The number of hydrogen-bond donors (Lipinski definition) is 2. The molecule has 3 aromatic rings. The number of methoxy groups -OCH3 is 1. The summed E-state index contributed by atoms with van der Waals surface area (Å²) >= 11 is 1.68. The fourth-order valence-corrected chi connectivity index (χ4v) is 5.22. The molecule has 5 rings (SSSR count). The average molecular weight is 485 g/mol. The molecule has 2 aliphatic rings. The number of fused-ring (bicyclic) bond motifs is 2. The van der Waals surface area contributed by atoms with Crippen LogP contribution in [-0.4, -0.2) is 74.9 Å². The van der Waals surface area contributed by atoms with E-state index in [2.05, 4.69) is 31.2 Å². The van der Waals surface area contributed by atoms with Crippen molar-refractivity contribution >= 4 is 22.9 Å². The van der Waals surface area contributed by atoms with Gasteiger partial charge in [-0.2, -0.15) is 0 Å². The number of aliphatic hydroxyl groups is 1. The van der Waals surface area contributed by atoms with Crippen LogP contribution in [-0.2, 0) is 13.1 Å². The van der Waals surface area contributed by atoms with Crippen molar-refractivity contribution < 1.29 is 14.6 Å². The van der Waals surface area contributed by atoms with Crippen LogP contribution in [0.2, 0.25) is 0 Å². The number of nitrogens with one attached hydrogen (secondary N) is 1. The highest BCUT2D eigenvalue weighted by atomic mass is 32.2. The first kappa shape index (κ1) is 23.0. The molecule has 2 N–H and O–H groups in total. The zero-order chi connectivity index (χ0) is 23.5. The van der Waals surface area contributed by atoms with Gasteiger partial charge in [-0.3, -0.25) is 9.78 Å². The predicted octanol–water partition coefficient (Wildman–Crippen LogP) is 1.11. The maximum Gasteiger partial charge on any atom is 0.269 e. The maximum absolute atomic E-state index is 12.5. The number of ether oxygens (including phenoxy) is 2. The summed E-state index contributed by atoms with van der Waals surface area (Å²) in [5.41, 5.74) is 1.98. The molecular weight excluding hydrogens is 456 g/mol. The molecule has 0 amide bonds. The van der Waals surface area contributed by atoms with Crippen LogP contribution in [0, 0.1) is 5.92 Å². The van der Waals surface area contributed by atoms with Gasteiger partial charge in [0.25, 0.3) is 5.56 Å². The molecule has 11 heteroatoms. The molecule has 0 radical (unpaired) electrons. The van der Waals surface area contributed by atoms with Gasteiger partial charge in [0.05, 0.1) is 47.9 Å². The number of piperidine rings is 1. The summed E-state index contributed by atoms with van der Waals surface area (Å²) in [5.74, 6) is 2.18. The Balaban J connectivity index is 1.18. The van der Waals surface area contributed by atoms with Crippen LogP contribution in [0.1, 0.15) is 12.1 Å². The second kappa shape index (κ2) is 10.3. The smallest absolute Gasteiger partial charge is 0.269 e. The Kier molecular flexibility index (Phi) is 6.95. The molecule has 10 nitrogen and oxygen atoms in total. The highest BCUT2D eigenvalue weighted by Crippen LogP contribution is 2.35. The van der Waals surface area contributed by atoms with E-state index in [1.807, 2.05) is 0 Å². The standard InChI is InChI=1S/C23H28N6O4S/c1-32-17-7-18-23(26-10-17)27-12-22(31)29(18)5-4-28-3-2-19(30)15(13-28)8-24-9-16-6-21-20(11-25-16)33-14-34-21/h6-7,10-12,15,19,24,30H,2-5,8-9,13-14H2,1H3/t15-,19+/m1/s1. The van der Waals surface area contributed by atoms with E-state index in [1.165, 1.54) is 6.20 Å². The van der Waals surface area contributed by atoms with E-state index in [0.29, 0.717) is 55.5 Å². The summed E-state index contributed by atoms with van der Waals surface area (Å²) in [6.45, 7) is 4.10. The molecule has 3 aromatic heterocycles. The van der Waals surface area contributed by atoms with Gasteiger partial charge in [-0.25, -0.2) is 9.97 Å². The molecule has 34 heavy (non-hydrogen) atoms.